The topological polar surface area (TPSA) is 56.1 Å². The molecule has 1 aliphatic rings. The number of carbonyl (C=O) groups excluding carboxylic acids is 1. The molecule has 1 aliphatic carbocycles. The summed E-state index contributed by atoms with van der Waals surface area (Å²) in [5.74, 6) is 0.622. The van der Waals surface area contributed by atoms with Crippen molar-refractivity contribution in [1.82, 2.24) is 9.55 Å². The van der Waals surface area contributed by atoms with Crippen LogP contribution in [-0.4, -0.2) is 27.8 Å². The van der Waals surface area contributed by atoms with Crippen molar-refractivity contribution >= 4 is 23.4 Å². The van der Waals surface area contributed by atoms with E-state index in [9.17, 15) is 4.79 Å². The van der Waals surface area contributed by atoms with E-state index in [2.05, 4.69) is 23.7 Å². The molecule has 1 unspecified atom stereocenters. The lowest BCUT2D eigenvalue weighted by molar-refractivity contribution is -0.115. The first kappa shape index (κ1) is 19.8. The second-order valence-electron chi connectivity index (χ2n) is 7.18. The number of hydrogen-bond donors (Lipinski definition) is 1. The molecule has 5 nitrogen and oxygen atoms in total. The van der Waals surface area contributed by atoms with Crippen molar-refractivity contribution in [3.8, 4) is 5.75 Å². The number of thioether (sulfide) groups is 1. The maximum atomic E-state index is 12.7. The third-order valence-electron chi connectivity index (χ3n) is 5.31. The summed E-state index contributed by atoms with van der Waals surface area (Å²) in [6.45, 7) is 6.12. The number of benzene rings is 1. The van der Waals surface area contributed by atoms with Gasteiger partial charge in [-0.15, -0.1) is 0 Å². The number of imidazole rings is 1. The van der Waals surface area contributed by atoms with E-state index in [0.29, 0.717) is 17.5 Å². The zero-order chi connectivity index (χ0) is 19.4. The molecule has 2 aromatic rings. The largest absolute Gasteiger partial charge is 0.495 e. The van der Waals surface area contributed by atoms with E-state index in [4.69, 9.17) is 9.72 Å². The normalized spacial score (nSPS) is 16.1. The number of amides is 1. The summed E-state index contributed by atoms with van der Waals surface area (Å²) in [5.41, 5.74) is 2.97. The summed E-state index contributed by atoms with van der Waals surface area (Å²) in [5, 5.41) is 3.69. The van der Waals surface area contributed by atoms with Gasteiger partial charge in [-0.05, 0) is 45.7 Å². The molecule has 3 rings (SSSR count). The minimum atomic E-state index is -0.251. The fraction of sp³-hybridized carbons (Fsp3) is 0.524. The number of ether oxygens (including phenoxy) is 1. The summed E-state index contributed by atoms with van der Waals surface area (Å²) >= 11 is 1.54. The van der Waals surface area contributed by atoms with Crippen molar-refractivity contribution in [3.05, 3.63) is 35.7 Å². The second-order valence-corrected chi connectivity index (χ2v) is 8.48. The van der Waals surface area contributed by atoms with Gasteiger partial charge in [-0.2, -0.15) is 0 Å². The molecule has 1 heterocycles. The van der Waals surface area contributed by atoms with E-state index in [1.54, 1.807) is 7.11 Å². The summed E-state index contributed by atoms with van der Waals surface area (Å²) in [6.07, 6.45) is 6.27. The molecule has 1 aromatic carbocycles. The van der Waals surface area contributed by atoms with E-state index >= 15 is 0 Å². The Balaban J connectivity index is 1.74. The van der Waals surface area contributed by atoms with Gasteiger partial charge in [0.1, 0.15) is 5.75 Å². The molecule has 1 aromatic heterocycles. The van der Waals surface area contributed by atoms with Crippen molar-refractivity contribution in [2.45, 2.75) is 69.3 Å². The molecule has 1 saturated carbocycles. The van der Waals surface area contributed by atoms with Crippen molar-refractivity contribution in [3.63, 3.8) is 0 Å². The highest BCUT2D eigenvalue weighted by Gasteiger charge is 2.25. The van der Waals surface area contributed by atoms with Crippen LogP contribution in [0.15, 0.2) is 29.4 Å². The minimum Gasteiger partial charge on any atom is -0.495 e. The fourth-order valence-corrected chi connectivity index (χ4v) is 4.71. The number of methoxy groups -OCH3 is 1. The Labute approximate surface area is 165 Å². The third-order valence-corrected chi connectivity index (χ3v) is 6.38. The number of nitrogens with one attached hydrogen (secondary N) is 1. The zero-order valence-electron chi connectivity index (χ0n) is 16.6. The van der Waals surface area contributed by atoms with E-state index < -0.39 is 0 Å². The van der Waals surface area contributed by atoms with Crippen LogP contribution in [-0.2, 0) is 4.79 Å². The van der Waals surface area contributed by atoms with Crippen molar-refractivity contribution < 1.29 is 9.53 Å². The fourth-order valence-electron chi connectivity index (χ4n) is 3.64. The first-order valence-corrected chi connectivity index (χ1v) is 10.5. The van der Waals surface area contributed by atoms with Crippen LogP contribution in [0, 0.1) is 13.8 Å². The van der Waals surface area contributed by atoms with Crippen molar-refractivity contribution in [2.24, 2.45) is 0 Å². The molecule has 1 fully saturated rings. The molecule has 1 atom stereocenters. The van der Waals surface area contributed by atoms with Gasteiger partial charge >= 0.3 is 0 Å². The highest BCUT2D eigenvalue weighted by atomic mass is 32.2. The molecular formula is C21H29N3O2S. The molecule has 0 bridgehead atoms. The van der Waals surface area contributed by atoms with Gasteiger partial charge in [-0.25, -0.2) is 4.98 Å². The molecule has 27 heavy (non-hydrogen) atoms. The predicted molar refractivity (Wildman–Crippen MR) is 111 cm³/mol. The smallest absolute Gasteiger partial charge is 0.237 e. The van der Waals surface area contributed by atoms with Gasteiger partial charge in [-0.1, -0.05) is 43.2 Å². The average molecular weight is 388 g/mol. The van der Waals surface area contributed by atoms with Gasteiger partial charge in [0.25, 0.3) is 0 Å². The first-order valence-electron chi connectivity index (χ1n) is 9.67. The molecule has 146 valence electrons. The van der Waals surface area contributed by atoms with Gasteiger partial charge in [-0.3, -0.25) is 4.79 Å². The van der Waals surface area contributed by atoms with E-state index in [0.717, 1.165) is 10.9 Å². The number of aryl methyl sites for hydroxylation is 1. The highest BCUT2D eigenvalue weighted by Crippen LogP contribution is 2.35. The summed E-state index contributed by atoms with van der Waals surface area (Å²) in [6, 6.07) is 7.98. The van der Waals surface area contributed by atoms with Gasteiger partial charge in [0, 0.05) is 11.7 Å². The average Bonchev–Trinajstić information content (AvgIpc) is 2.96. The number of anilines is 1. The Kier molecular flexibility index (Phi) is 6.47. The van der Waals surface area contributed by atoms with Gasteiger partial charge in [0.15, 0.2) is 5.16 Å². The highest BCUT2D eigenvalue weighted by molar-refractivity contribution is 8.00. The van der Waals surface area contributed by atoms with Crippen LogP contribution in [0.5, 0.6) is 5.75 Å². The molecule has 0 aliphatic heterocycles. The number of hydrogen-bond acceptors (Lipinski definition) is 4. The number of nitrogens with zero attached hydrogens (tertiary/aromatic N) is 2. The van der Waals surface area contributed by atoms with E-state index in [-0.39, 0.29) is 11.2 Å². The van der Waals surface area contributed by atoms with Crippen LogP contribution in [0.4, 0.5) is 5.69 Å². The summed E-state index contributed by atoms with van der Waals surface area (Å²) < 4.78 is 7.69. The minimum absolute atomic E-state index is 0.0435. The quantitative estimate of drug-likeness (QED) is 0.698. The van der Waals surface area contributed by atoms with Crippen molar-refractivity contribution in [1.29, 1.82) is 0 Å². The van der Waals surface area contributed by atoms with E-state index in [1.807, 2.05) is 31.2 Å². The maximum Gasteiger partial charge on any atom is 0.237 e. The molecule has 1 amide bonds. The van der Waals surface area contributed by atoms with Crippen LogP contribution >= 0.6 is 11.8 Å². The summed E-state index contributed by atoms with van der Waals surface area (Å²) in [7, 11) is 1.61. The monoisotopic (exact) mass is 387 g/mol. The molecule has 6 heteroatoms. The van der Waals surface area contributed by atoms with Crippen LogP contribution in [0.1, 0.15) is 56.5 Å². The number of rotatable bonds is 6. The Hall–Kier alpha value is -1.95. The SMILES string of the molecule is COc1ccccc1NC(=O)C(C)Sc1nc(C)c(C)n1C1CCCCC1. The Morgan fingerprint density at radius 3 is 2.67 bits per heavy atom. The number of carbonyl (C=O) groups is 1. The maximum absolute atomic E-state index is 12.7. The van der Waals surface area contributed by atoms with Crippen LogP contribution < -0.4 is 10.1 Å². The lowest BCUT2D eigenvalue weighted by Gasteiger charge is -2.26. The Morgan fingerprint density at radius 1 is 1.26 bits per heavy atom. The van der Waals surface area contributed by atoms with E-state index in [1.165, 1.54) is 49.6 Å². The predicted octanol–water partition coefficient (Wildman–Crippen LogP) is 5.13. The Bertz CT molecular complexity index is 797. The molecule has 0 saturated heterocycles. The van der Waals surface area contributed by atoms with Gasteiger partial charge in [0.2, 0.25) is 5.91 Å². The van der Waals surface area contributed by atoms with Crippen molar-refractivity contribution in [2.75, 3.05) is 12.4 Å². The lowest BCUT2D eigenvalue weighted by Crippen LogP contribution is -2.24. The molecule has 0 radical (unpaired) electrons. The first-order chi connectivity index (χ1) is 13.0. The van der Waals surface area contributed by atoms with Gasteiger partial charge < -0.3 is 14.6 Å². The van der Waals surface area contributed by atoms with Crippen LogP contribution in [0.25, 0.3) is 0 Å². The second kappa shape index (κ2) is 8.83. The molecular weight excluding hydrogens is 358 g/mol. The lowest BCUT2D eigenvalue weighted by atomic mass is 9.95. The molecule has 0 spiro atoms. The van der Waals surface area contributed by atoms with Crippen LogP contribution in [0.2, 0.25) is 0 Å². The third kappa shape index (κ3) is 4.49. The van der Waals surface area contributed by atoms with Gasteiger partial charge in [0.05, 0.1) is 23.7 Å². The zero-order valence-corrected chi connectivity index (χ0v) is 17.4. The summed E-state index contributed by atoms with van der Waals surface area (Å²) in [4.78, 5) is 17.5. The number of para-hydroxylation sites is 2. The Morgan fingerprint density at radius 2 is 1.96 bits per heavy atom. The molecule has 1 N–H and O–H groups in total. The standard InChI is InChI=1S/C21H29N3O2S/c1-14-15(2)24(17-10-6-5-7-11-17)21(22-14)27-16(3)20(25)23-18-12-8-9-13-19(18)26-4/h8-9,12-13,16-17H,5-7,10-11H2,1-4H3,(H,23,25). The number of aromatic nitrogens is 2. The van der Waals surface area contributed by atoms with Crippen LogP contribution in [0.3, 0.4) is 0 Å².